The van der Waals surface area contributed by atoms with Crippen LogP contribution in [0.3, 0.4) is 0 Å². The highest BCUT2D eigenvalue weighted by Crippen LogP contribution is 2.22. The van der Waals surface area contributed by atoms with Gasteiger partial charge in [-0.1, -0.05) is 68.3 Å². The number of nitro groups is 1. The van der Waals surface area contributed by atoms with Gasteiger partial charge in [-0.15, -0.1) is 0 Å². The number of carbonyl (C=O) groups is 2. The summed E-state index contributed by atoms with van der Waals surface area (Å²) in [6.07, 6.45) is 4.47. The molecule has 164 valence electrons. The molecule has 3 rings (SSSR count). The molecular weight excluding hydrogens is 394 g/mol. The van der Waals surface area contributed by atoms with Gasteiger partial charge in [-0.3, -0.25) is 19.7 Å². The molecule has 2 aromatic carbocycles. The summed E-state index contributed by atoms with van der Waals surface area (Å²) in [5, 5.41) is 14.5. The van der Waals surface area contributed by atoms with Gasteiger partial charge in [0.25, 0.3) is 5.69 Å². The third-order valence-electron chi connectivity index (χ3n) is 5.81. The van der Waals surface area contributed by atoms with E-state index in [9.17, 15) is 19.7 Å². The molecule has 0 spiro atoms. The van der Waals surface area contributed by atoms with Gasteiger partial charge >= 0.3 is 0 Å². The molecule has 1 atom stereocenters. The second-order valence-electron chi connectivity index (χ2n) is 7.98. The van der Waals surface area contributed by atoms with Gasteiger partial charge in [0.05, 0.1) is 11.3 Å². The Labute approximate surface area is 182 Å². The Morgan fingerprint density at radius 1 is 1.10 bits per heavy atom. The summed E-state index contributed by atoms with van der Waals surface area (Å²) in [5.41, 5.74) is 1.17. The number of nitrogens with one attached hydrogen (secondary N) is 1. The van der Waals surface area contributed by atoms with Crippen LogP contribution in [0.4, 0.5) is 5.69 Å². The minimum absolute atomic E-state index is 0.0843. The van der Waals surface area contributed by atoms with Crippen molar-refractivity contribution in [2.75, 3.05) is 0 Å². The number of rotatable bonds is 9. The molecule has 0 radical (unpaired) electrons. The first-order valence-electron chi connectivity index (χ1n) is 10.9. The van der Waals surface area contributed by atoms with E-state index in [4.69, 9.17) is 0 Å². The number of nitrogens with zero attached hydrogens (tertiary/aromatic N) is 2. The van der Waals surface area contributed by atoms with E-state index in [-0.39, 0.29) is 36.5 Å². The van der Waals surface area contributed by atoms with Gasteiger partial charge in [0.2, 0.25) is 11.8 Å². The zero-order valence-corrected chi connectivity index (χ0v) is 17.8. The van der Waals surface area contributed by atoms with E-state index < -0.39 is 11.0 Å². The Morgan fingerprint density at radius 2 is 1.74 bits per heavy atom. The van der Waals surface area contributed by atoms with Crippen LogP contribution >= 0.6 is 0 Å². The summed E-state index contributed by atoms with van der Waals surface area (Å²) in [5.74, 6) is -0.451. The molecule has 7 nitrogen and oxygen atoms in total. The SMILES string of the molecule is CC[C@@H](C(=O)NC1CCCC1)N(Cc1ccccc1)C(=O)Cc1ccccc1[N+](=O)[O-]. The number of carbonyl (C=O) groups excluding carboxylic acids is 2. The maximum atomic E-state index is 13.4. The zero-order chi connectivity index (χ0) is 22.2. The van der Waals surface area contributed by atoms with Crippen LogP contribution in [-0.4, -0.2) is 33.7 Å². The molecule has 2 aromatic rings. The van der Waals surface area contributed by atoms with Crippen molar-refractivity contribution in [3.63, 3.8) is 0 Å². The average molecular weight is 424 g/mol. The van der Waals surface area contributed by atoms with Crippen LogP contribution in [0, 0.1) is 10.1 Å². The highest BCUT2D eigenvalue weighted by atomic mass is 16.6. The molecule has 7 heteroatoms. The molecule has 0 saturated heterocycles. The van der Waals surface area contributed by atoms with Crippen molar-refractivity contribution in [2.24, 2.45) is 0 Å². The van der Waals surface area contributed by atoms with E-state index >= 15 is 0 Å². The molecular formula is C24H29N3O4. The van der Waals surface area contributed by atoms with Crippen molar-refractivity contribution >= 4 is 17.5 Å². The lowest BCUT2D eigenvalue weighted by molar-refractivity contribution is -0.385. The van der Waals surface area contributed by atoms with Crippen molar-refractivity contribution in [1.82, 2.24) is 10.2 Å². The van der Waals surface area contributed by atoms with Crippen LogP contribution in [0.1, 0.15) is 50.2 Å². The molecule has 0 aromatic heterocycles. The van der Waals surface area contributed by atoms with Crippen molar-refractivity contribution in [2.45, 2.75) is 64.1 Å². The van der Waals surface area contributed by atoms with Gasteiger partial charge in [0, 0.05) is 24.2 Å². The summed E-state index contributed by atoms with van der Waals surface area (Å²) in [6, 6.07) is 15.3. The third-order valence-corrected chi connectivity index (χ3v) is 5.81. The van der Waals surface area contributed by atoms with Gasteiger partial charge in [-0.05, 0) is 24.8 Å². The number of benzene rings is 2. The maximum Gasteiger partial charge on any atom is 0.273 e. The zero-order valence-electron chi connectivity index (χ0n) is 17.8. The summed E-state index contributed by atoms with van der Waals surface area (Å²) in [7, 11) is 0. The summed E-state index contributed by atoms with van der Waals surface area (Å²) >= 11 is 0. The normalized spacial score (nSPS) is 14.7. The minimum atomic E-state index is -0.629. The molecule has 2 amide bonds. The molecule has 0 heterocycles. The van der Waals surface area contributed by atoms with Gasteiger partial charge in [-0.2, -0.15) is 0 Å². The Bertz CT molecular complexity index is 910. The predicted octanol–water partition coefficient (Wildman–Crippen LogP) is 4.00. The van der Waals surface area contributed by atoms with E-state index in [2.05, 4.69) is 5.32 Å². The molecule has 0 unspecified atom stereocenters. The highest BCUT2D eigenvalue weighted by molar-refractivity contribution is 5.89. The number of amides is 2. The van der Waals surface area contributed by atoms with Crippen LogP contribution in [-0.2, 0) is 22.6 Å². The van der Waals surface area contributed by atoms with Crippen LogP contribution in [0.25, 0.3) is 0 Å². The Morgan fingerprint density at radius 3 is 2.39 bits per heavy atom. The van der Waals surface area contributed by atoms with Crippen molar-refractivity contribution in [3.05, 3.63) is 75.8 Å². The van der Waals surface area contributed by atoms with E-state index in [1.165, 1.54) is 6.07 Å². The fourth-order valence-electron chi connectivity index (χ4n) is 4.17. The summed E-state index contributed by atoms with van der Waals surface area (Å²) in [6.45, 7) is 2.16. The van der Waals surface area contributed by atoms with E-state index in [0.717, 1.165) is 31.2 Å². The molecule has 0 bridgehead atoms. The predicted molar refractivity (Wildman–Crippen MR) is 118 cm³/mol. The first-order chi connectivity index (χ1) is 15.0. The Kier molecular flexibility index (Phi) is 7.76. The largest absolute Gasteiger partial charge is 0.352 e. The lowest BCUT2D eigenvalue weighted by atomic mass is 10.0. The fraction of sp³-hybridized carbons (Fsp3) is 0.417. The molecule has 1 aliphatic rings. The van der Waals surface area contributed by atoms with Gasteiger partial charge in [0.15, 0.2) is 0 Å². The van der Waals surface area contributed by atoms with Crippen molar-refractivity contribution in [3.8, 4) is 0 Å². The first-order valence-corrected chi connectivity index (χ1v) is 10.9. The molecule has 1 N–H and O–H groups in total. The minimum Gasteiger partial charge on any atom is -0.352 e. The second-order valence-corrected chi connectivity index (χ2v) is 7.98. The highest BCUT2D eigenvalue weighted by Gasteiger charge is 2.31. The Hall–Kier alpha value is -3.22. The smallest absolute Gasteiger partial charge is 0.273 e. The van der Waals surface area contributed by atoms with E-state index in [0.29, 0.717) is 12.0 Å². The van der Waals surface area contributed by atoms with E-state index in [1.54, 1.807) is 23.1 Å². The maximum absolute atomic E-state index is 13.4. The number of hydrogen-bond donors (Lipinski definition) is 1. The fourth-order valence-corrected chi connectivity index (χ4v) is 4.17. The molecule has 1 aliphatic carbocycles. The van der Waals surface area contributed by atoms with Crippen LogP contribution in [0.15, 0.2) is 54.6 Å². The summed E-state index contributed by atoms with van der Waals surface area (Å²) in [4.78, 5) is 38.9. The number of nitro benzene ring substituents is 1. The van der Waals surface area contributed by atoms with Crippen LogP contribution < -0.4 is 5.32 Å². The van der Waals surface area contributed by atoms with E-state index in [1.807, 2.05) is 37.3 Å². The first kappa shape index (κ1) is 22.5. The standard InChI is InChI=1S/C24H29N3O4/c1-2-21(24(29)25-20-13-7-8-14-20)26(17-18-10-4-3-5-11-18)23(28)16-19-12-6-9-15-22(19)27(30)31/h3-6,9-12,15,20-21H,2,7-8,13-14,16-17H2,1H3,(H,25,29)/t21-/m0/s1. The number of para-hydroxylation sites is 1. The lowest BCUT2D eigenvalue weighted by Gasteiger charge is -2.31. The van der Waals surface area contributed by atoms with Crippen LogP contribution in [0.5, 0.6) is 0 Å². The van der Waals surface area contributed by atoms with Gasteiger partial charge in [-0.25, -0.2) is 0 Å². The average Bonchev–Trinajstić information content (AvgIpc) is 3.27. The Balaban J connectivity index is 1.84. The van der Waals surface area contributed by atoms with Gasteiger partial charge < -0.3 is 10.2 Å². The third kappa shape index (κ3) is 5.90. The van der Waals surface area contributed by atoms with Gasteiger partial charge in [0.1, 0.15) is 6.04 Å². The second kappa shape index (κ2) is 10.7. The lowest BCUT2D eigenvalue weighted by Crippen LogP contribution is -2.51. The molecule has 1 fully saturated rings. The topological polar surface area (TPSA) is 92.6 Å². The van der Waals surface area contributed by atoms with Crippen molar-refractivity contribution in [1.29, 1.82) is 0 Å². The quantitative estimate of drug-likeness (QED) is 0.487. The molecule has 31 heavy (non-hydrogen) atoms. The summed E-state index contributed by atoms with van der Waals surface area (Å²) < 4.78 is 0. The van der Waals surface area contributed by atoms with Crippen LogP contribution in [0.2, 0.25) is 0 Å². The van der Waals surface area contributed by atoms with Crippen molar-refractivity contribution < 1.29 is 14.5 Å². The monoisotopic (exact) mass is 423 g/mol. The number of hydrogen-bond acceptors (Lipinski definition) is 4. The molecule has 1 saturated carbocycles. The molecule has 0 aliphatic heterocycles.